The summed E-state index contributed by atoms with van der Waals surface area (Å²) in [5, 5.41) is 0. The van der Waals surface area contributed by atoms with Crippen molar-refractivity contribution in [3.05, 3.63) is 6.07 Å². The lowest BCUT2D eigenvalue weighted by Crippen LogP contribution is -2.32. The highest BCUT2D eigenvalue weighted by molar-refractivity contribution is 5.52. The summed E-state index contributed by atoms with van der Waals surface area (Å²) < 4.78 is 0. The Morgan fingerprint density at radius 3 is 2.62 bits per heavy atom. The smallest absolute Gasteiger partial charge is 0.223 e. The minimum Gasteiger partial charge on any atom is -0.368 e. The Bertz CT molecular complexity index is 338. The number of nitrogens with zero attached hydrogens (tertiary/aromatic N) is 3. The van der Waals surface area contributed by atoms with Gasteiger partial charge in [-0.05, 0) is 20.3 Å². The maximum Gasteiger partial charge on any atom is 0.223 e. The molecule has 0 aromatic carbocycles. The zero-order chi connectivity index (χ0) is 12.1. The molecule has 0 aliphatic carbocycles. The molecule has 16 heavy (non-hydrogen) atoms. The molecule has 0 radical (unpaired) electrons. The molecule has 1 heterocycles. The highest BCUT2D eigenvalue weighted by Gasteiger charge is 2.12. The number of rotatable bonds is 5. The third-order valence-electron chi connectivity index (χ3n) is 2.26. The molecule has 6 nitrogen and oxygen atoms in total. The summed E-state index contributed by atoms with van der Waals surface area (Å²) in [5.41, 5.74) is 8.11. The van der Waals surface area contributed by atoms with Gasteiger partial charge >= 0.3 is 0 Å². The first-order valence-electron chi connectivity index (χ1n) is 5.46. The van der Waals surface area contributed by atoms with Crippen LogP contribution in [0, 0.1) is 0 Å². The van der Waals surface area contributed by atoms with Crippen molar-refractivity contribution in [2.75, 3.05) is 22.6 Å². The first kappa shape index (κ1) is 12.5. The van der Waals surface area contributed by atoms with E-state index >= 15 is 0 Å². The fraction of sp³-hybridized carbons (Fsp3) is 0.600. The van der Waals surface area contributed by atoms with E-state index < -0.39 is 0 Å². The van der Waals surface area contributed by atoms with Crippen LogP contribution in [0.2, 0.25) is 0 Å². The summed E-state index contributed by atoms with van der Waals surface area (Å²) in [6, 6.07) is 2.16. The molecule has 0 saturated heterocycles. The topological polar surface area (TPSA) is 93.1 Å². The van der Waals surface area contributed by atoms with E-state index in [1.165, 1.54) is 0 Å². The number of nitrogen functional groups attached to an aromatic ring is 2. The van der Waals surface area contributed by atoms with Gasteiger partial charge in [0.15, 0.2) is 0 Å². The molecule has 0 amide bonds. The average Bonchev–Trinajstić information content (AvgIpc) is 2.24. The summed E-state index contributed by atoms with van der Waals surface area (Å²) >= 11 is 0. The lowest BCUT2D eigenvalue weighted by atomic mass is 10.3. The third kappa shape index (κ3) is 2.96. The zero-order valence-electron chi connectivity index (χ0n) is 10.1. The minimum absolute atomic E-state index is 0.229. The quantitative estimate of drug-likeness (QED) is 0.509. The molecule has 0 spiro atoms. The molecule has 0 unspecified atom stereocenters. The summed E-state index contributed by atoms with van der Waals surface area (Å²) in [6.07, 6.45) is 1.05. The number of aromatic nitrogens is 2. The van der Waals surface area contributed by atoms with Crippen LogP contribution in [0.3, 0.4) is 0 Å². The number of hydrazine groups is 1. The molecule has 90 valence electrons. The van der Waals surface area contributed by atoms with E-state index in [1.54, 1.807) is 6.07 Å². The molecule has 0 saturated carbocycles. The van der Waals surface area contributed by atoms with Crippen molar-refractivity contribution in [1.29, 1.82) is 0 Å². The number of anilines is 3. The molecule has 1 rings (SSSR count). The van der Waals surface area contributed by atoms with Gasteiger partial charge in [-0.2, -0.15) is 9.97 Å². The van der Waals surface area contributed by atoms with Crippen LogP contribution in [-0.4, -0.2) is 22.6 Å². The molecular weight excluding hydrogens is 204 g/mol. The van der Waals surface area contributed by atoms with Crippen LogP contribution >= 0.6 is 0 Å². The number of nitrogens with one attached hydrogen (secondary N) is 1. The maximum absolute atomic E-state index is 5.62. The van der Waals surface area contributed by atoms with Crippen LogP contribution in [0.4, 0.5) is 17.6 Å². The standard InChI is InChI=1S/C10H20N6/c1-4-5-16(7(2)3)9-6-8(15-12)13-10(11)14-9/h6-7H,4-5,12H2,1-3H3,(H3,11,13,14,15). The van der Waals surface area contributed by atoms with E-state index in [9.17, 15) is 0 Å². The second-order valence-corrected chi connectivity index (χ2v) is 3.90. The van der Waals surface area contributed by atoms with Gasteiger partial charge < -0.3 is 16.1 Å². The van der Waals surface area contributed by atoms with Crippen molar-refractivity contribution < 1.29 is 0 Å². The minimum atomic E-state index is 0.229. The van der Waals surface area contributed by atoms with Crippen LogP contribution < -0.4 is 21.9 Å². The van der Waals surface area contributed by atoms with Crippen LogP contribution in [-0.2, 0) is 0 Å². The van der Waals surface area contributed by atoms with E-state index in [4.69, 9.17) is 11.6 Å². The average molecular weight is 224 g/mol. The lowest BCUT2D eigenvalue weighted by molar-refractivity contribution is 0.662. The van der Waals surface area contributed by atoms with E-state index in [1.807, 2.05) is 0 Å². The maximum atomic E-state index is 5.62. The van der Waals surface area contributed by atoms with Gasteiger partial charge in [-0.3, -0.25) is 0 Å². The fourth-order valence-corrected chi connectivity index (χ4v) is 1.55. The number of hydrogen-bond donors (Lipinski definition) is 3. The van der Waals surface area contributed by atoms with E-state index in [-0.39, 0.29) is 5.95 Å². The molecular formula is C10H20N6. The molecule has 1 aromatic rings. The summed E-state index contributed by atoms with van der Waals surface area (Å²) in [5.74, 6) is 6.89. The Morgan fingerprint density at radius 2 is 2.12 bits per heavy atom. The fourth-order valence-electron chi connectivity index (χ4n) is 1.55. The highest BCUT2D eigenvalue weighted by Crippen LogP contribution is 2.18. The predicted molar refractivity (Wildman–Crippen MR) is 67.0 cm³/mol. The molecule has 0 aliphatic heterocycles. The van der Waals surface area contributed by atoms with Gasteiger partial charge in [0, 0.05) is 18.7 Å². The molecule has 0 fully saturated rings. The monoisotopic (exact) mass is 224 g/mol. The Balaban J connectivity index is 3.03. The van der Waals surface area contributed by atoms with Crippen molar-refractivity contribution in [3.63, 3.8) is 0 Å². The van der Waals surface area contributed by atoms with Gasteiger partial charge in [-0.25, -0.2) is 5.84 Å². The van der Waals surface area contributed by atoms with E-state index in [0.717, 1.165) is 18.8 Å². The SMILES string of the molecule is CCCN(c1cc(NN)nc(N)n1)C(C)C. The second kappa shape index (κ2) is 5.50. The number of nitrogens with two attached hydrogens (primary N) is 2. The van der Waals surface area contributed by atoms with Gasteiger partial charge in [-0.1, -0.05) is 6.92 Å². The molecule has 0 bridgehead atoms. The Labute approximate surface area is 96.0 Å². The Kier molecular flexibility index (Phi) is 4.30. The summed E-state index contributed by atoms with van der Waals surface area (Å²) in [7, 11) is 0. The normalized spacial score (nSPS) is 10.6. The molecule has 0 aliphatic rings. The summed E-state index contributed by atoms with van der Waals surface area (Å²) in [4.78, 5) is 10.3. The molecule has 0 atom stereocenters. The van der Waals surface area contributed by atoms with Gasteiger partial charge in [-0.15, -0.1) is 0 Å². The van der Waals surface area contributed by atoms with Crippen LogP contribution in [0.1, 0.15) is 27.2 Å². The first-order chi connectivity index (χ1) is 7.58. The van der Waals surface area contributed by atoms with Crippen LogP contribution in [0.15, 0.2) is 6.07 Å². The van der Waals surface area contributed by atoms with E-state index in [0.29, 0.717) is 11.9 Å². The van der Waals surface area contributed by atoms with Gasteiger partial charge in [0.1, 0.15) is 11.6 Å². The highest BCUT2D eigenvalue weighted by atomic mass is 15.3. The summed E-state index contributed by atoms with van der Waals surface area (Å²) in [6.45, 7) is 7.28. The van der Waals surface area contributed by atoms with Gasteiger partial charge in [0.2, 0.25) is 5.95 Å². The lowest BCUT2D eigenvalue weighted by Gasteiger charge is -2.27. The Hall–Kier alpha value is -1.56. The van der Waals surface area contributed by atoms with Crippen LogP contribution in [0.25, 0.3) is 0 Å². The zero-order valence-corrected chi connectivity index (χ0v) is 10.1. The first-order valence-corrected chi connectivity index (χ1v) is 5.46. The third-order valence-corrected chi connectivity index (χ3v) is 2.26. The van der Waals surface area contributed by atoms with Crippen molar-refractivity contribution in [2.24, 2.45) is 5.84 Å². The second-order valence-electron chi connectivity index (χ2n) is 3.90. The van der Waals surface area contributed by atoms with Crippen molar-refractivity contribution in [2.45, 2.75) is 33.2 Å². The molecule has 6 heteroatoms. The van der Waals surface area contributed by atoms with Crippen molar-refractivity contribution >= 4 is 17.6 Å². The van der Waals surface area contributed by atoms with E-state index in [2.05, 4.69) is 41.1 Å². The molecule has 1 aromatic heterocycles. The van der Waals surface area contributed by atoms with Crippen molar-refractivity contribution in [3.8, 4) is 0 Å². The van der Waals surface area contributed by atoms with Crippen LogP contribution in [0.5, 0.6) is 0 Å². The van der Waals surface area contributed by atoms with Gasteiger partial charge in [0.05, 0.1) is 0 Å². The molecule has 5 N–H and O–H groups in total. The number of hydrogen-bond acceptors (Lipinski definition) is 6. The van der Waals surface area contributed by atoms with Crippen molar-refractivity contribution in [1.82, 2.24) is 9.97 Å². The van der Waals surface area contributed by atoms with Gasteiger partial charge in [0.25, 0.3) is 0 Å². The predicted octanol–water partition coefficient (Wildman–Crippen LogP) is 0.969. The Morgan fingerprint density at radius 1 is 1.44 bits per heavy atom. The largest absolute Gasteiger partial charge is 0.368 e.